The Hall–Kier alpha value is -8.60. The maximum Gasteiger partial charge on any atom is 0.145 e. The number of anilines is 3. The van der Waals surface area contributed by atoms with Crippen LogP contribution >= 0.6 is 0 Å². The van der Waals surface area contributed by atoms with Crippen LogP contribution in [0.25, 0.3) is 105 Å². The molecule has 0 saturated carbocycles. The number of hydrogen-bond acceptors (Lipinski definition) is 3. The summed E-state index contributed by atoms with van der Waals surface area (Å²) >= 11 is 0. The normalized spacial score (nSPS) is 11.8. The minimum absolute atomic E-state index is 0.861. The van der Waals surface area contributed by atoms with Crippen LogP contribution in [-0.2, 0) is 0 Å². The van der Waals surface area contributed by atoms with E-state index in [1.807, 2.05) is 12.1 Å². The number of para-hydroxylation sites is 3. The SMILES string of the molecule is c1ccc(-c2ccc(N(c3ccc(-c4ccccc4)cc3)c3ccc(-c4cc5c6ccccc6n(-c6ccc7oc8ccccc8c7c6)c5c5c4oc4ccccc45)cc3)cc2)cc1. The molecule has 13 rings (SSSR count). The van der Waals surface area contributed by atoms with Crippen LogP contribution in [0.1, 0.15) is 0 Å². The van der Waals surface area contributed by atoms with Gasteiger partial charge in [0.2, 0.25) is 0 Å². The van der Waals surface area contributed by atoms with Gasteiger partial charge >= 0.3 is 0 Å². The monoisotopic (exact) mass is 818 g/mol. The van der Waals surface area contributed by atoms with Crippen molar-refractivity contribution in [1.29, 1.82) is 0 Å². The predicted octanol–water partition coefficient (Wildman–Crippen LogP) is 17.1. The van der Waals surface area contributed by atoms with Gasteiger partial charge in [-0.1, -0.05) is 152 Å². The molecule has 0 unspecified atom stereocenters. The van der Waals surface area contributed by atoms with Crippen molar-refractivity contribution >= 4 is 82.7 Å². The summed E-state index contributed by atoms with van der Waals surface area (Å²) in [5, 5.41) is 6.74. The number of benzene rings is 10. The van der Waals surface area contributed by atoms with E-state index in [1.54, 1.807) is 0 Å². The van der Waals surface area contributed by atoms with Crippen molar-refractivity contribution in [2.24, 2.45) is 0 Å². The summed E-state index contributed by atoms with van der Waals surface area (Å²) in [6, 6.07) is 82.1. The lowest BCUT2D eigenvalue weighted by Crippen LogP contribution is -2.09. The second kappa shape index (κ2) is 14.5. The van der Waals surface area contributed by atoms with Crippen molar-refractivity contribution in [3.8, 4) is 39.1 Å². The molecule has 300 valence electrons. The first-order valence-corrected chi connectivity index (χ1v) is 21.7. The lowest BCUT2D eigenvalue weighted by molar-refractivity contribution is 0.668. The van der Waals surface area contributed by atoms with Crippen molar-refractivity contribution in [2.45, 2.75) is 0 Å². The average molecular weight is 819 g/mol. The fraction of sp³-hybridized carbons (Fsp3) is 0. The van der Waals surface area contributed by atoms with Crippen molar-refractivity contribution in [2.75, 3.05) is 4.90 Å². The zero-order valence-corrected chi connectivity index (χ0v) is 34.7. The Kier molecular flexibility index (Phi) is 8.18. The van der Waals surface area contributed by atoms with Crippen LogP contribution in [0.5, 0.6) is 0 Å². The Balaban J connectivity index is 0.981. The first-order chi connectivity index (χ1) is 31.7. The number of nitrogens with zero attached hydrogens (tertiary/aromatic N) is 2. The van der Waals surface area contributed by atoms with Crippen LogP contribution in [-0.4, -0.2) is 4.57 Å². The summed E-state index contributed by atoms with van der Waals surface area (Å²) < 4.78 is 15.6. The molecule has 0 fully saturated rings. The molecule has 4 nitrogen and oxygen atoms in total. The summed E-state index contributed by atoms with van der Waals surface area (Å²) in [6.07, 6.45) is 0. The zero-order chi connectivity index (χ0) is 42.1. The van der Waals surface area contributed by atoms with E-state index in [-0.39, 0.29) is 0 Å². The molecule has 0 aliphatic rings. The van der Waals surface area contributed by atoms with Crippen LogP contribution < -0.4 is 4.90 Å². The molecule has 0 saturated heterocycles. The molecule has 0 aliphatic carbocycles. The minimum Gasteiger partial charge on any atom is -0.456 e. The molecule has 0 spiro atoms. The second-order valence-corrected chi connectivity index (χ2v) is 16.5. The fourth-order valence-corrected chi connectivity index (χ4v) is 9.78. The van der Waals surface area contributed by atoms with Gasteiger partial charge in [0, 0.05) is 55.2 Å². The highest BCUT2D eigenvalue weighted by Crippen LogP contribution is 2.46. The molecule has 0 aliphatic heterocycles. The highest BCUT2D eigenvalue weighted by Gasteiger charge is 2.24. The van der Waals surface area contributed by atoms with Crippen molar-refractivity contribution in [3.63, 3.8) is 0 Å². The fourth-order valence-electron chi connectivity index (χ4n) is 9.78. The summed E-state index contributed by atoms with van der Waals surface area (Å²) in [7, 11) is 0. The Morgan fingerprint density at radius 3 is 1.44 bits per heavy atom. The molecule has 3 aromatic heterocycles. The summed E-state index contributed by atoms with van der Waals surface area (Å²) in [6.45, 7) is 0. The smallest absolute Gasteiger partial charge is 0.145 e. The highest BCUT2D eigenvalue weighted by molar-refractivity contribution is 6.27. The molecule has 0 amide bonds. The molecule has 0 radical (unpaired) electrons. The van der Waals surface area contributed by atoms with Gasteiger partial charge in [0.05, 0.1) is 16.4 Å². The van der Waals surface area contributed by atoms with Gasteiger partial charge in [0.15, 0.2) is 0 Å². The largest absolute Gasteiger partial charge is 0.456 e. The van der Waals surface area contributed by atoms with Crippen LogP contribution in [0, 0.1) is 0 Å². The van der Waals surface area contributed by atoms with Gasteiger partial charge in [-0.05, 0) is 107 Å². The van der Waals surface area contributed by atoms with E-state index in [4.69, 9.17) is 8.83 Å². The Labute approximate surface area is 369 Å². The molecule has 10 aromatic carbocycles. The Morgan fingerprint density at radius 2 is 0.812 bits per heavy atom. The van der Waals surface area contributed by atoms with Crippen LogP contribution in [0.2, 0.25) is 0 Å². The Morgan fingerprint density at radius 1 is 0.328 bits per heavy atom. The van der Waals surface area contributed by atoms with Crippen molar-refractivity contribution in [1.82, 2.24) is 4.57 Å². The minimum atomic E-state index is 0.861. The number of furan rings is 2. The highest BCUT2D eigenvalue weighted by atomic mass is 16.3. The first kappa shape index (κ1) is 36.1. The van der Waals surface area contributed by atoms with E-state index < -0.39 is 0 Å². The average Bonchev–Trinajstić information content (AvgIpc) is 4.05. The summed E-state index contributed by atoms with van der Waals surface area (Å²) in [4.78, 5) is 2.33. The van der Waals surface area contributed by atoms with Gasteiger partial charge in [-0.25, -0.2) is 0 Å². The molecule has 0 atom stereocenters. The molecule has 4 heteroatoms. The van der Waals surface area contributed by atoms with E-state index in [2.05, 4.69) is 228 Å². The third kappa shape index (κ3) is 5.77. The van der Waals surface area contributed by atoms with Gasteiger partial charge in [0.25, 0.3) is 0 Å². The maximum absolute atomic E-state index is 6.92. The van der Waals surface area contributed by atoms with Crippen LogP contribution in [0.4, 0.5) is 17.1 Å². The van der Waals surface area contributed by atoms with E-state index in [0.717, 1.165) is 88.8 Å². The van der Waals surface area contributed by atoms with Gasteiger partial charge in [0.1, 0.15) is 22.3 Å². The maximum atomic E-state index is 6.92. The van der Waals surface area contributed by atoms with Gasteiger partial charge < -0.3 is 18.3 Å². The number of hydrogen-bond donors (Lipinski definition) is 0. The second-order valence-electron chi connectivity index (χ2n) is 16.5. The van der Waals surface area contributed by atoms with E-state index in [0.29, 0.717) is 0 Å². The molecule has 0 N–H and O–H groups in total. The van der Waals surface area contributed by atoms with E-state index in [9.17, 15) is 0 Å². The third-order valence-corrected chi connectivity index (χ3v) is 12.8. The van der Waals surface area contributed by atoms with Gasteiger partial charge in [-0.3, -0.25) is 0 Å². The van der Waals surface area contributed by atoms with Crippen molar-refractivity contribution in [3.05, 3.63) is 231 Å². The van der Waals surface area contributed by atoms with Gasteiger partial charge in [-0.2, -0.15) is 0 Å². The quantitative estimate of drug-likeness (QED) is 0.161. The molecule has 3 heterocycles. The summed E-state index contributed by atoms with van der Waals surface area (Å²) in [5.41, 5.74) is 16.9. The molecule has 13 aromatic rings. The molecule has 0 bridgehead atoms. The molecular weight excluding hydrogens is 781 g/mol. The van der Waals surface area contributed by atoms with Crippen LogP contribution in [0.15, 0.2) is 239 Å². The number of aromatic nitrogens is 1. The third-order valence-electron chi connectivity index (χ3n) is 12.8. The molecule has 64 heavy (non-hydrogen) atoms. The zero-order valence-electron chi connectivity index (χ0n) is 34.7. The lowest BCUT2D eigenvalue weighted by atomic mass is 9.98. The standard InChI is InChI=1S/C60H38N2O2/c1-3-13-39(14-4-1)41-23-29-44(30-24-41)61(45-31-25-42(26-32-45)40-15-5-2-6-16-40)46-33-27-43(28-34-46)51-38-53-48-17-7-10-20-54(48)62(59(53)58-50-19-9-12-22-56(50)64-60(51)58)47-35-36-57-52(37-47)49-18-8-11-21-55(49)63-57/h1-38H. The lowest BCUT2D eigenvalue weighted by Gasteiger charge is -2.26. The summed E-state index contributed by atoms with van der Waals surface area (Å²) in [5.74, 6) is 0. The molecular formula is C60H38N2O2. The van der Waals surface area contributed by atoms with Crippen LogP contribution in [0.3, 0.4) is 0 Å². The van der Waals surface area contributed by atoms with E-state index in [1.165, 1.54) is 33.0 Å². The van der Waals surface area contributed by atoms with Gasteiger partial charge in [-0.15, -0.1) is 0 Å². The number of rotatable bonds is 7. The van der Waals surface area contributed by atoms with Crippen molar-refractivity contribution < 1.29 is 8.83 Å². The predicted molar refractivity (Wildman–Crippen MR) is 266 cm³/mol. The number of fused-ring (bicyclic) bond motifs is 10. The first-order valence-electron chi connectivity index (χ1n) is 21.7. The van der Waals surface area contributed by atoms with E-state index >= 15 is 0 Å². The topological polar surface area (TPSA) is 34.5 Å². The Bertz CT molecular complexity index is 3780.